The molecule has 4 heteroatoms. The van der Waals surface area contributed by atoms with Crippen LogP contribution in [0.1, 0.15) is 11.1 Å². The van der Waals surface area contributed by atoms with E-state index in [4.69, 9.17) is 5.73 Å². The molecule has 1 atom stereocenters. The summed E-state index contributed by atoms with van der Waals surface area (Å²) in [5.41, 5.74) is 7.11. The normalized spacial score (nSPS) is 12.8. The second kappa shape index (κ2) is 4.50. The lowest BCUT2D eigenvalue weighted by Crippen LogP contribution is -2.04. The van der Waals surface area contributed by atoms with E-state index in [1.54, 1.807) is 19.1 Å². The van der Waals surface area contributed by atoms with Gasteiger partial charge in [0.05, 0.1) is 0 Å². The monoisotopic (exact) mass is 198 g/mol. The van der Waals surface area contributed by atoms with Crippen molar-refractivity contribution in [2.75, 3.05) is 6.54 Å². The van der Waals surface area contributed by atoms with Crippen LogP contribution in [0.5, 0.6) is 0 Å². The Kier molecular flexibility index (Phi) is 3.59. The van der Waals surface area contributed by atoms with E-state index in [1.165, 1.54) is 0 Å². The maximum atomic E-state index is 10.7. The fourth-order valence-corrected chi connectivity index (χ4v) is 1.72. The van der Waals surface area contributed by atoms with Crippen LogP contribution < -0.4 is 5.73 Å². The highest BCUT2D eigenvalue weighted by Gasteiger charge is 1.99. The van der Waals surface area contributed by atoms with Gasteiger partial charge in [0, 0.05) is 4.90 Å². The van der Waals surface area contributed by atoms with Crippen LogP contribution in [0.15, 0.2) is 23.1 Å². The first kappa shape index (κ1) is 10.4. The average Bonchev–Trinajstić information content (AvgIpc) is 2.08. The van der Waals surface area contributed by atoms with Crippen LogP contribution in [0.2, 0.25) is 0 Å². The molecule has 72 valence electrons. The Bertz CT molecular complexity index is 325. The SMILES string of the molecule is Cc1ccc(CCN)cc1S(=O)[O-]. The predicted octanol–water partition coefficient (Wildman–Crippen LogP) is 0.734. The zero-order valence-electron chi connectivity index (χ0n) is 7.45. The van der Waals surface area contributed by atoms with Crippen molar-refractivity contribution >= 4 is 11.1 Å². The molecule has 1 aromatic rings. The molecular weight excluding hydrogens is 186 g/mol. The summed E-state index contributed by atoms with van der Waals surface area (Å²) in [6, 6.07) is 5.37. The Morgan fingerprint density at radius 3 is 2.77 bits per heavy atom. The van der Waals surface area contributed by atoms with Crippen molar-refractivity contribution in [2.45, 2.75) is 18.2 Å². The van der Waals surface area contributed by atoms with E-state index in [9.17, 15) is 8.76 Å². The Hall–Kier alpha value is -0.710. The van der Waals surface area contributed by atoms with Gasteiger partial charge in [-0.15, -0.1) is 0 Å². The van der Waals surface area contributed by atoms with Crippen molar-refractivity contribution in [3.63, 3.8) is 0 Å². The molecule has 0 heterocycles. The molecule has 0 aliphatic heterocycles. The lowest BCUT2D eigenvalue weighted by molar-refractivity contribution is 0.536. The molecule has 0 aliphatic carbocycles. The maximum absolute atomic E-state index is 10.7. The first-order valence-corrected chi connectivity index (χ1v) is 5.11. The molecule has 0 saturated heterocycles. The molecule has 3 nitrogen and oxygen atoms in total. The lowest BCUT2D eigenvalue weighted by atomic mass is 10.1. The van der Waals surface area contributed by atoms with Crippen LogP contribution in [0.4, 0.5) is 0 Å². The fourth-order valence-electron chi connectivity index (χ4n) is 1.15. The summed E-state index contributed by atoms with van der Waals surface area (Å²) < 4.78 is 21.5. The third-order valence-electron chi connectivity index (χ3n) is 1.87. The van der Waals surface area contributed by atoms with Crippen molar-refractivity contribution in [1.82, 2.24) is 0 Å². The summed E-state index contributed by atoms with van der Waals surface area (Å²) in [5, 5.41) is 0. The molecule has 0 fully saturated rings. The van der Waals surface area contributed by atoms with E-state index in [-0.39, 0.29) is 0 Å². The van der Waals surface area contributed by atoms with E-state index < -0.39 is 11.1 Å². The molecule has 0 aliphatic rings. The molecule has 2 N–H and O–H groups in total. The molecule has 0 saturated carbocycles. The average molecular weight is 198 g/mol. The zero-order valence-corrected chi connectivity index (χ0v) is 8.26. The number of hydrogen-bond donors (Lipinski definition) is 1. The topological polar surface area (TPSA) is 66.2 Å². The molecule has 1 rings (SSSR count). The van der Waals surface area contributed by atoms with Crippen LogP contribution in [0, 0.1) is 6.92 Å². The first-order chi connectivity index (χ1) is 6.15. The Morgan fingerprint density at radius 1 is 1.54 bits per heavy atom. The Morgan fingerprint density at radius 2 is 2.23 bits per heavy atom. The van der Waals surface area contributed by atoms with Gasteiger partial charge in [0.1, 0.15) is 0 Å². The lowest BCUT2D eigenvalue weighted by Gasteiger charge is -2.10. The van der Waals surface area contributed by atoms with Crippen molar-refractivity contribution in [3.8, 4) is 0 Å². The zero-order chi connectivity index (χ0) is 9.84. The quantitative estimate of drug-likeness (QED) is 0.728. The molecule has 13 heavy (non-hydrogen) atoms. The molecule has 0 radical (unpaired) electrons. The maximum Gasteiger partial charge on any atom is 0.0280 e. The molecule has 0 spiro atoms. The highest BCUT2D eigenvalue weighted by atomic mass is 32.2. The minimum Gasteiger partial charge on any atom is -0.768 e. The molecule has 0 bridgehead atoms. The Balaban J connectivity index is 3.04. The smallest absolute Gasteiger partial charge is 0.0280 e. The van der Waals surface area contributed by atoms with E-state index in [0.717, 1.165) is 11.1 Å². The second-order valence-electron chi connectivity index (χ2n) is 2.87. The van der Waals surface area contributed by atoms with E-state index in [2.05, 4.69) is 0 Å². The largest absolute Gasteiger partial charge is 0.768 e. The number of nitrogens with two attached hydrogens (primary N) is 1. The highest BCUT2D eigenvalue weighted by Crippen LogP contribution is 2.14. The van der Waals surface area contributed by atoms with Crippen molar-refractivity contribution in [3.05, 3.63) is 29.3 Å². The van der Waals surface area contributed by atoms with Crippen LogP contribution in [-0.2, 0) is 17.5 Å². The van der Waals surface area contributed by atoms with Crippen LogP contribution in [-0.4, -0.2) is 15.3 Å². The predicted molar refractivity (Wildman–Crippen MR) is 51.1 cm³/mol. The third kappa shape index (κ3) is 2.62. The van der Waals surface area contributed by atoms with Gasteiger partial charge in [-0.1, -0.05) is 12.1 Å². The minimum atomic E-state index is -2.15. The summed E-state index contributed by atoms with van der Waals surface area (Å²) in [7, 11) is 0. The van der Waals surface area contributed by atoms with Crippen LogP contribution in [0.3, 0.4) is 0 Å². The molecule has 1 aromatic carbocycles. The van der Waals surface area contributed by atoms with Crippen molar-refractivity contribution < 1.29 is 8.76 Å². The standard InChI is InChI=1S/C9H13NO2S/c1-7-2-3-8(4-5-10)6-9(7)13(11)12/h2-3,6H,4-5,10H2,1H3,(H,11,12)/p-1. The van der Waals surface area contributed by atoms with Crippen LogP contribution in [0.25, 0.3) is 0 Å². The van der Waals surface area contributed by atoms with Gasteiger partial charge in [0.2, 0.25) is 0 Å². The first-order valence-electron chi connectivity index (χ1n) is 4.04. The number of rotatable bonds is 3. The number of hydrogen-bond acceptors (Lipinski definition) is 3. The van der Waals surface area contributed by atoms with Gasteiger partial charge >= 0.3 is 0 Å². The summed E-state index contributed by atoms with van der Waals surface area (Å²) in [5.74, 6) is 0. The summed E-state index contributed by atoms with van der Waals surface area (Å²) in [6.07, 6.45) is 0.713. The van der Waals surface area contributed by atoms with Gasteiger partial charge < -0.3 is 10.3 Å². The minimum absolute atomic E-state index is 0.367. The summed E-state index contributed by atoms with van der Waals surface area (Å²) in [6.45, 7) is 2.31. The Labute approximate surface area is 80.2 Å². The number of benzene rings is 1. The second-order valence-corrected chi connectivity index (χ2v) is 3.78. The number of aryl methyl sites for hydroxylation is 1. The van der Waals surface area contributed by atoms with E-state index >= 15 is 0 Å². The van der Waals surface area contributed by atoms with Crippen molar-refractivity contribution in [1.29, 1.82) is 0 Å². The van der Waals surface area contributed by atoms with Gasteiger partial charge in [-0.25, -0.2) is 0 Å². The van der Waals surface area contributed by atoms with E-state index in [0.29, 0.717) is 17.9 Å². The fraction of sp³-hybridized carbons (Fsp3) is 0.333. The molecular formula is C9H12NO2S-. The third-order valence-corrected chi connectivity index (χ3v) is 2.66. The van der Waals surface area contributed by atoms with Gasteiger partial charge in [0.25, 0.3) is 0 Å². The van der Waals surface area contributed by atoms with Gasteiger partial charge in [-0.3, -0.25) is 4.21 Å². The van der Waals surface area contributed by atoms with Crippen LogP contribution >= 0.6 is 0 Å². The summed E-state index contributed by atoms with van der Waals surface area (Å²) >= 11 is -2.15. The van der Waals surface area contributed by atoms with Crippen molar-refractivity contribution in [2.24, 2.45) is 5.73 Å². The molecule has 1 unspecified atom stereocenters. The van der Waals surface area contributed by atoms with Gasteiger partial charge in [-0.05, 0) is 48.2 Å². The summed E-state index contributed by atoms with van der Waals surface area (Å²) in [4.78, 5) is 0.367. The van der Waals surface area contributed by atoms with Gasteiger partial charge in [-0.2, -0.15) is 0 Å². The molecule has 0 aromatic heterocycles. The highest BCUT2D eigenvalue weighted by molar-refractivity contribution is 7.79. The van der Waals surface area contributed by atoms with E-state index in [1.807, 2.05) is 6.07 Å². The molecule has 0 amide bonds. The van der Waals surface area contributed by atoms with Gasteiger partial charge in [0.15, 0.2) is 0 Å².